The number of cyclic esters (lactones) is 1. The van der Waals surface area contributed by atoms with Crippen molar-refractivity contribution in [3.05, 3.63) is 35.9 Å². The molecule has 3 heterocycles. The minimum absolute atomic E-state index is 0.0514. The van der Waals surface area contributed by atoms with Gasteiger partial charge in [-0.25, -0.2) is 29.6 Å². The van der Waals surface area contributed by atoms with Crippen LogP contribution in [-0.2, 0) is 42.8 Å². The minimum Gasteiger partial charge on any atom is -0.456 e. The number of carbonyl (C=O) groups excluding carboxylic acids is 5. The van der Waals surface area contributed by atoms with Crippen LogP contribution in [0.2, 0.25) is 0 Å². The number of amides is 1. The van der Waals surface area contributed by atoms with Crippen molar-refractivity contribution in [1.82, 2.24) is 9.91 Å². The van der Waals surface area contributed by atoms with Crippen LogP contribution in [0, 0.1) is 17.8 Å². The number of alkyl halides is 1. The molecule has 1 amide bonds. The number of fused-ring (bicyclic) bond motifs is 1. The number of hydrogen-bond donors (Lipinski definition) is 1. The predicted octanol–water partition coefficient (Wildman–Crippen LogP) is 3.63. The molecule has 0 radical (unpaired) electrons. The molecule has 0 aromatic heterocycles. The van der Waals surface area contributed by atoms with Crippen LogP contribution in [0.4, 0.5) is 9.18 Å². The summed E-state index contributed by atoms with van der Waals surface area (Å²) in [5, 5.41) is 0.783. The number of ether oxygens (including phenoxy) is 6. The molecule has 1 aromatic carbocycles. The van der Waals surface area contributed by atoms with Crippen LogP contribution in [0.25, 0.3) is 0 Å². The number of carbonyl (C=O) groups is 5. The molecular formula is C37H54FN3O11. The number of Topliss-reactive ketones (excluding diaryl/α,β-unsaturated/α-hetero) is 2. The van der Waals surface area contributed by atoms with Crippen LogP contribution in [0.3, 0.4) is 0 Å². The van der Waals surface area contributed by atoms with Gasteiger partial charge in [-0.05, 0) is 66.3 Å². The van der Waals surface area contributed by atoms with Crippen molar-refractivity contribution >= 4 is 29.6 Å². The second-order valence-corrected chi connectivity index (χ2v) is 14.9. The zero-order valence-corrected chi connectivity index (χ0v) is 31.7. The van der Waals surface area contributed by atoms with E-state index < -0.39 is 102 Å². The van der Waals surface area contributed by atoms with E-state index in [0.717, 1.165) is 11.9 Å². The van der Waals surface area contributed by atoms with Gasteiger partial charge in [0.1, 0.15) is 17.9 Å². The van der Waals surface area contributed by atoms with Crippen molar-refractivity contribution in [2.75, 3.05) is 21.2 Å². The van der Waals surface area contributed by atoms with Gasteiger partial charge in [-0.1, -0.05) is 45.9 Å². The van der Waals surface area contributed by atoms with E-state index in [1.54, 1.807) is 58.0 Å². The van der Waals surface area contributed by atoms with Gasteiger partial charge in [0.25, 0.3) is 5.67 Å². The van der Waals surface area contributed by atoms with Gasteiger partial charge in [0, 0.05) is 24.9 Å². The molecule has 13 atom stereocenters. The highest BCUT2D eigenvalue weighted by atomic mass is 19.1. The third-order valence-electron chi connectivity index (χ3n) is 10.9. The van der Waals surface area contributed by atoms with Gasteiger partial charge in [0.05, 0.1) is 29.4 Å². The largest absolute Gasteiger partial charge is 0.456 e. The van der Waals surface area contributed by atoms with E-state index in [0.29, 0.717) is 12.0 Å². The SMILES string of the molecule is CC[C@H]1OC(=O)[C@@](C)(F)C(=O)[C@H](C)[C@@H](OC2O[C@H](C)C[C@H](N(C)C)[C@H]2OC(=O)c2ccccc2)[C@](C)(OC)C[C@@H](C)C(=O)[C@H](C)[C@@H]2C1OC(=O)N2N. The summed E-state index contributed by atoms with van der Waals surface area (Å²) in [6.45, 7) is 10.5. The number of rotatable bonds is 7. The van der Waals surface area contributed by atoms with Crippen LogP contribution >= 0.6 is 0 Å². The van der Waals surface area contributed by atoms with Gasteiger partial charge in [0.2, 0.25) is 0 Å². The highest BCUT2D eigenvalue weighted by molar-refractivity contribution is 6.07. The van der Waals surface area contributed by atoms with E-state index in [9.17, 15) is 24.0 Å². The smallest absolute Gasteiger partial charge is 0.424 e. The Morgan fingerprint density at radius 1 is 1.04 bits per heavy atom. The highest BCUT2D eigenvalue weighted by Crippen LogP contribution is 2.40. The van der Waals surface area contributed by atoms with Crippen LogP contribution in [-0.4, -0.2) is 121 Å². The Hall–Kier alpha value is -3.50. The van der Waals surface area contributed by atoms with Gasteiger partial charge < -0.3 is 33.3 Å². The molecule has 0 bridgehead atoms. The maximum atomic E-state index is 16.6. The molecule has 290 valence electrons. The fraction of sp³-hybridized carbons (Fsp3) is 0.703. The number of ketones is 2. The molecule has 15 heteroatoms. The molecule has 0 saturated carbocycles. The van der Waals surface area contributed by atoms with Crippen LogP contribution in [0.5, 0.6) is 0 Å². The zero-order chi connectivity index (χ0) is 38.9. The normalized spacial score (nSPS) is 39.4. The van der Waals surface area contributed by atoms with E-state index in [-0.39, 0.29) is 18.6 Å². The number of likely N-dealkylation sites (N-methyl/N-ethyl adjacent to an activating group) is 1. The summed E-state index contributed by atoms with van der Waals surface area (Å²) in [5.41, 5.74) is -4.41. The van der Waals surface area contributed by atoms with E-state index in [1.165, 1.54) is 14.0 Å². The van der Waals surface area contributed by atoms with E-state index >= 15 is 4.39 Å². The van der Waals surface area contributed by atoms with Gasteiger partial charge in [-0.2, -0.15) is 0 Å². The third kappa shape index (κ3) is 8.18. The topological polar surface area (TPSA) is 173 Å². The standard InChI is InChI=1S/C37H54FN3O11/c1-11-25-29-26(41(39)35(46)51-29)21(4)27(42)19(2)18-36(6,47-10)31(22(5)30(43)37(7,38)34(45)49-25)52-33-28(24(40(8)9)17-20(3)48-33)50-32(44)23-15-13-12-14-16-23/h12-16,19-22,24-26,28-29,31,33H,11,17-18,39H2,1-10H3/t19-,20-,21-,22+,24+,25-,26-,28-,29?,31-,33?,36-,37+/m1/s1. The van der Waals surface area contributed by atoms with Crippen molar-refractivity contribution in [2.45, 2.75) is 128 Å². The molecule has 4 rings (SSSR count). The first-order chi connectivity index (χ1) is 24.3. The third-order valence-corrected chi connectivity index (χ3v) is 10.9. The predicted molar refractivity (Wildman–Crippen MR) is 184 cm³/mol. The van der Waals surface area contributed by atoms with Crippen molar-refractivity contribution < 1.29 is 56.8 Å². The van der Waals surface area contributed by atoms with Crippen molar-refractivity contribution in [3.63, 3.8) is 0 Å². The van der Waals surface area contributed by atoms with Crippen LogP contribution < -0.4 is 5.84 Å². The van der Waals surface area contributed by atoms with Crippen molar-refractivity contribution in [1.29, 1.82) is 0 Å². The lowest BCUT2D eigenvalue weighted by Gasteiger charge is -2.47. The summed E-state index contributed by atoms with van der Waals surface area (Å²) in [5.74, 6) is -0.665. The van der Waals surface area contributed by atoms with Gasteiger partial charge >= 0.3 is 18.0 Å². The number of hydrogen-bond acceptors (Lipinski definition) is 13. The number of methoxy groups -OCH3 is 1. The fourth-order valence-electron chi connectivity index (χ4n) is 7.75. The fourth-order valence-corrected chi connectivity index (χ4v) is 7.75. The Labute approximate surface area is 304 Å². The van der Waals surface area contributed by atoms with E-state index in [1.807, 2.05) is 25.9 Å². The maximum Gasteiger partial charge on any atom is 0.424 e. The van der Waals surface area contributed by atoms with E-state index in [4.69, 9.17) is 34.3 Å². The van der Waals surface area contributed by atoms with Crippen molar-refractivity contribution in [3.8, 4) is 0 Å². The summed E-state index contributed by atoms with van der Waals surface area (Å²) in [6, 6.07) is 6.92. The molecular weight excluding hydrogens is 681 g/mol. The Kier molecular flexibility index (Phi) is 12.9. The molecule has 52 heavy (non-hydrogen) atoms. The number of nitrogens with two attached hydrogens (primary N) is 1. The molecule has 14 nitrogen and oxygen atoms in total. The molecule has 2 unspecified atom stereocenters. The molecule has 3 saturated heterocycles. The average Bonchev–Trinajstić information content (AvgIpc) is 3.41. The molecule has 2 N–H and O–H groups in total. The molecule has 3 aliphatic heterocycles. The monoisotopic (exact) mass is 735 g/mol. The summed E-state index contributed by atoms with van der Waals surface area (Å²) in [6.07, 6.45) is -7.00. The number of halogens is 1. The molecule has 0 spiro atoms. The molecule has 1 aromatic rings. The Bertz CT molecular complexity index is 1480. The molecule has 3 fully saturated rings. The lowest BCUT2D eigenvalue weighted by Crippen LogP contribution is -2.61. The molecule has 3 aliphatic rings. The first kappa shape index (κ1) is 41.3. The Morgan fingerprint density at radius 3 is 2.25 bits per heavy atom. The second-order valence-electron chi connectivity index (χ2n) is 14.9. The van der Waals surface area contributed by atoms with E-state index in [2.05, 4.69) is 0 Å². The highest BCUT2D eigenvalue weighted by Gasteiger charge is 2.57. The number of esters is 2. The van der Waals surface area contributed by atoms with Gasteiger partial charge in [-0.15, -0.1) is 0 Å². The summed E-state index contributed by atoms with van der Waals surface area (Å²) in [7, 11) is 5.02. The Morgan fingerprint density at radius 2 is 1.67 bits per heavy atom. The second kappa shape index (κ2) is 16.3. The average molecular weight is 736 g/mol. The molecule has 0 aliphatic carbocycles. The van der Waals surface area contributed by atoms with Crippen LogP contribution in [0.1, 0.15) is 78.1 Å². The van der Waals surface area contributed by atoms with Gasteiger partial charge in [0.15, 0.2) is 24.3 Å². The number of hydrazine groups is 1. The minimum atomic E-state index is -3.20. The summed E-state index contributed by atoms with van der Waals surface area (Å²) < 4.78 is 52.7. The maximum absolute atomic E-state index is 16.6. The lowest BCUT2D eigenvalue weighted by atomic mass is 9.75. The summed E-state index contributed by atoms with van der Waals surface area (Å²) in [4.78, 5) is 69.8. The first-order valence-electron chi connectivity index (χ1n) is 17.8. The Balaban J connectivity index is 1.81. The first-order valence-corrected chi connectivity index (χ1v) is 17.8. The number of benzene rings is 1. The zero-order valence-electron chi connectivity index (χ0n) is 31.7. The van der Waals surface area contributed by atoms with Crippen LogP contribution in [0.15, 0.2) is 30.3 Å². The quantitative estimate of drug-likeness (QED) is 0.142. The number of nitrogens with zero attached hydrogens (tertiary/aromatic N) is 2. The lowest BCUT2D eigenvalue weighted by molar-refractivity contribution is -0.294. The van der Waals surface area contributed by atoms with Crippen molar-refractivity contribution in [2.24, 2.45) is 23.6 Å². The summed E-state index contributed by atoms with van der Waals surface area (Å²) >= 11 is 0. The van der Waals surface area contributed by atoms with Gasteiger partial charge in [-0.3, -0.25) is 9.59 Å².